The quantitative estimate of drug-likeness (QED) is 0.877. The lowest BCUT2D eigenvalue weighted by atomic mass is 9.97. The number of rotatable bonds is 4. The number of hydrogen-bond donors (Lipinski definition) is 1. The molecule has 1 saturated heterocycles. The summed E-state index contributed by atoms with van der Waals surface area (Å²) < 4.78 is 5.73. The van der Waals surface area contributed by atoms with Gasteiger partial charge in [0.05, 0.1) is 6.10 Å². The predicted octanol–water partition coefficient (Wildman–Crippen LogP) is 3.60. The molecule has 18 heavy (non-hydrogen) atoms. The van der Waals surface area contributed by atoms with Crippen LogP contribution < -0.4 is 5.32 Å². The number of benzene rings is 1. The Morgan fingerprint density at radius 1 is 1.39 bits per heavy atom. The molecule has 0 aromatic heterocycles. The Kier molecular flexibility index (Phi) is 4.79. The fraction of sp³-hybridized carbons (Fsp3) is 0.625. The molecule has 0 radical (unpaired) electrons. The Labute approximate surface area is 111 Å². The Morgan fingerprint density at radius 2 is 2.17 bits per heavy atom. The van der Waals surface area contributed by atoms with Gasteiger partial charge in [-0.15, -0.1) is 0 Å². The lowest BCUT2D eigenvalue weighted by molar-refractivity contribution is -0.00166. The van der Waals surface area contributed by atoms with E-state index in [1.165, 1.54) is 11.1 Å². The fourth-order valence-corrected chi connectivity index (χ4v) is 2.83. The Hall–Kier alpha value is -0.860. The minimum absolute atomic E-state index is 0.423. The van der Waals surface area contributed by atoms with Crippen molar-refractivity contribution in [2.45, 2.75) is 58.2 Å². The topological polar surface area (TPSA) is 21.3 Å². The van der Waals surface area contributed by atoms with E-state index in [1.54, 1.807) is 0 Å². The van der Waals surface area contributed by atoms with E-state index in [2.05, 4.69) is 50.4 Å². The van der Waals surface area contributed by atoms with Crippen LogP contribution in [0.1, 0.15) is 50.3 Å². The van der Waals surface area contributed by atoms with Crippen LogP contribution in [0.3, 0.4) is 0 Å². The Bertz CT molecular complexity index is 377. The smallest absolute Gasteiger partial charge is 0.0587 e. The molecule has 1 aliphatic heterocycles. The molecule has 0 bridgehead atoms. The number of ether oxygens (including phenoxy) is 1. The zero-order valence-corrected chi connectivity index (χ0v) is 11.8. The van der Waals surface area contributed by atoms with E-state index < -0.39 is 0 Å². The largest absolute Gasteiger partial charge is 0.378 e. The lowest BCUT2D eigenvalue weighted by Gasteiger charge is -2.32. The molecule has 100 valence electrons. The van der Waals surface area contributed by atoms with E-state index >= 15 is 0 Å². The van der Waals surface area contributed by atoms with E-state index in [4.69, 9.17) is 4.74 Å². The van der Waals surface area contributed by atoms with Crippen LogP contribution in [-0.4, -0.2) is 18.8 Å². The average Bonchev–Trinajstić information content (AvgIpc) is 2.39. The third kappa shape index (κ3) is 3.33. The molecule has 2 heteroatoms. The molecular weight excluding hydrogens is 222 g/mol. The maximum atomic E-state index is 5.73. The van der Waals surface area contributed by atoms with Gasteiger partial charge in [-0.2, -0.15) is 0 Å². The summed E-state index contributed by atoms with van der Waals surface area (Å²) in [5.41, 5.74) is 2.79. The van der Waals surface area contributed by atoms with Crippen LogP contribution in [-0.2, 0) is 4.74 Å². The molecule has 1 N–H and O–H groups in total. The van der Waals surface area contributed by atoms with Crippen LogP contribution in [0.15, 0.2) is 24.3 Å². The molecule has 0 spiro atoms. The molecule has 0 aliphatic carbocycles. The first-order valence-corrected chi connectivity index (χ1v) is 7.14. The summed E-state index contributed by atoms with van der Waals surface area (Å²) in [5.74, 6) is 0. The molecule has 2 unspecified atom stereocenters. The minimum atomic E-state index is 0.423. The average molecular weight is 247 g/mol. The second-order valence-electron chi connectivity index (χ2n) is 5.37. The predicted molar refractivity (Wildman–Crippen MR) is 75.8 cm³/mol. The lowest BCUT2D eigenvalue weighted by Crippen LogP contribution is -2.40. The van der Waals surface area contributed by atoms with Crippen LogP contribution in [0.4, 0.5) is 0 Å². The molecule has 1 aromatic carbocycles. The second-order valence-corrected chi connectivity index (χ2v) is 5.37. The highest BCUT2D eigenvalue weighted by atomic mass is 16.5. The minimum Gasteiger partial charge on any atom is -0.378 e. The third-order valence-electron chi connectivity index (χ3n) is 3.96. The molecule has 3 atom stereocenters. The standard InChI is InChI=1S/C16H25NO/c1-4-15-11-14(9-10-18-15)17-13(3)16-8-6-5-7-12(16)2/h5-8,13-15,17H,4,9-11H2,1-3H3/t13-,14?,15?/m0/s1. The highest BCUT2D eigenvalue weighted by molar-refractivity contribution is 5.28. The summed E-state index contributed by atoms with van der Waals surface area (Å²) in [6, 6.07) is 9.66. The van der Waals surface area contributed by atoms with E-state index in [0.29, 0.717) is 18.2 Å². The number of hydrogen-bond acceptors (Lipinski definition) is 2. The van der Waals surface area contributed by atoms with Gasteiger partial charge >= 0.3 is 0 Å². The van der Waals surface area contributed by atoms with Gasteiger partial charge in [0.2, 0.25) is 0 Å². The Morgan fingerprint density at radius 3 is 2.89 bits per heavy atom. The molecule has 0 amide bonds. The summed E-state index contributed by atoms with van der Waals surface area (Å²) >= 11 is 0. The first-order chi connectivity index (χ1) is 8.70. The molecule has 1 aromatic rings. The first kappa shape index (κ1) is 13.6. The molecule has 2 rings (SSSR count). The highest BCUT2D eigenvalue weighted by Gasteiger charge is 2.22. The highest BCUT2D eigenvalue weighted by Crippen LogP contribution is 2.22. The van der Waals surface area contributed by atoms with Crippen LogP contribution in [0.5, 0.6) is 0 Å². The third-order valence-corrected chi connectivity index (χ3v) is 3.96. The van der Waals surface area contributed by atoms with E-state index in [0.717, 1.165) is 25.9 Å². The van der Waals surface area contributed by atoms with Gasteiger partial charge in [0.25, 0.3) is 0 Å². The van der Waals surface area contributed by atoms with Crippen molar-refractivity contribution in [3.63, 3.8) is 0 Å². The van der Waals surface area contributed by atoms with Crippen LogP contribution in [0, 0.1) is 6.92 Å². The summed E-state index contributed by atoms with van der Waals surface area (Å²) in [6.07, 6.45) is 3.84. The van der Waals surface area contributed by atoms with Crippen molar-refractivity contribution < 1.29 is 4.74 Å². The van der Waals surface area contributed by atoms with E-state index in [9.17, 15) is 0 Å². The van der Waals surface area contributed by atoms with Crippen molar-refractivity contribution in [1.82, 2.24) is 5.32 Å². The molecule has 1 heterocycles. The van der Waals surface area contributed by atoms with Gasteiger partial charge in [-0.25, -0.2) is 0 Å². The van der Waals surface area contributed by atoms with Gasteiger partial charge in [0.15, 0.2) is 0 Å². The summed E-state index contributed by atoms with van der Waals surface area (Å²) in [5, 5.41) is 3.76. The summed E-state index contributed by atoms with van der Waals surface area (Å²) in [7, 11) is 0. The molecule has 2 nitrogen and oxygen atoms in total. The van der Waals surface area contributed by atoms with Gasteiger partial charge in [0.1, 0.15) is 0 Å². The Balaban J connectivity index is 1.95. The molecular formula is C16H25NO. The van der Waals surface area contributed by atoms with Crippen molar-refractivity contribution >= 4 is 0 Å². The van der Waals surface area contributed by atoms with Crippen molar-refractivity contribution in [2.75, 3.05) is 6.61 Å². The van der Waals surface area contributed by atoms with Gasteiger partial charge in [-0.3, -0.25) is 0 Å². The van der Waals surface area contributed by atoms with Gasteiger partial charge in [0, 0.05) is 18.7 Å². The zero-order valence-electron chi connectivity index (χ0n) is 11.8. The van der Waals surface area contributed by atoms with Crippen molar-refractivity contribution in [2.24, 2.45) is 0 Å². The molecule has 1 aliphatic rings. The van der Waals surface area contributed by atoms with E-state index in [1.807, 2.05) is 0 Å². The normalized spacial score (nSPS) is 25.9. The number of aryl methyl sites for hydroxylation is 1. The monoisotopic (exact) mass is 247 g/mol. The van der Waals surface area contributed by atoms with Crippen LogP contribution in [0.25, 0.3) is 0 Å². The van der Waals surface area contributed by atoms with Crippen LogP contribution >= 0.6 is 0 Å². The van der Waals surface area contributed by atoms with Crippen molar-refractivity contribution in [3.05, 3.63) is 35.4 Å². The molecule has 1 fully saturated rings. The molecule has 0 saturated carbocycles. The second kappa shape index (κ2) is 6.35. The van der Waals surface area contributed by atoms with Gasteiger partial charge in [-0.05, 0) is 44.2 Å². The zero-order chi connectivity index (χ0) is 13.0. The van der Waals surface area contributed by atoms with Crippen molar-refractivity contribution in [3.8, 4) is 0 Å². The van der Waals surface area contributed by atoms with E-state index in [-0.39, 0.29) is 0 Å². The maximum Gasteiger partial charge on any atom is 0.0587 e. The summed E-state index contributed by atoms with van der Waals surface area (Å²) in [4.78, 5) is 0. The fourth-order valence-electron chi connectivity index (χ4n) is 2.83. The maximum absolute atomic E-state index is 5.73. The van der Waals surface area contributed by atoms with Gasteiger partial charge < -0.3 is 10.1 Å². The first-order valence-electron chi connectivity index (χ1n) is 7.14. The number of nitrogens with one attached hydrogen (secondary N) is 1. The van der Waals surface area contributed by atoms with Crippen LogP contribution in [0.2, 0.25) is 0 Å². The van der Waals surface area contributed by atoms with Gasteiger partial charge in [-0.1, -0.05) is 31.2 Å². The van der Waals surface area contributed by atoms with Crippen molar-refractivity contribution in [1.29, 1.82) is 0 Å². The summed E-state index contributed by atoms with van der Waals surface area (Å²) in [6.45, 7) is 7.56. The SMILES string of the molecule is CCC1CC(N[C@@H](C)c2ccccc2C)CCO1.